The highest BCUT2D eigenvalue weighted by Crippen LogP contribution is 2.23. The van der Waals surface area contributed by atoms with E-state index in [0.717, 1.165) is 24.8 Å². The Hall–Kier alpha value is -2.19. The fraction of sp³-hybridized carbons (Fsp3) is 0.609. The van der Waals surface area contributed by atoms with Crippen molar-refractivity contribution in [1.82, 2.24) is 24.3 Å². The van der Waals surface area contributed by atoms with E-state index in [-0.39, 0.29) is 24.4 Å². The standard InChI is InChI=1S/C23H33ClN6O5S2/c24-20-6-5-18(36-20)7-14-37(34,35)26-19-4-2-8-29(22(19)32)16-21(31)30-9-1-3-17(30)15-27-10-12-28(13-11-27)23(25)33/h5-7,14,17,19,26H,1-4,8-13,15-16H2,(H2,25,33)/b14-7+. The smallest absolute Gasteiger partial charge is 0.314 e. The number of carbonyl (C=O) groups excluding carboxylic acids is 3. The summed E-state index contributed by atoms with van der Waals surface area (Å²) < 4.78 is 28.1. The van der Waals surface area contributed by atoms with Gasteiger partial charge >= 0.3 is 6.03 Å². The first-order valence-electron chi connectivity index (χ1n) is 12.4. The molecule has 3 aliphatic rings. The fourth-order valence-corrected chi connectivity index (χ4v) is 7.14. The van der Waals surface area contributed by atoms with Crippen molar-refractivity contribution in [3.8, 4) is 0 Å². The minimum absolute atomic E-state index is 0.0534. The molecule has 0 spiro atoms. The Morgan fingerprint density at radius 3 is 2.51 bits per heavy atom. The van der Waals surface area contributed by atoms with Crippen LogP contribution in [0.4, 0.5) is 4.79 Å². The second-order valence-corrected chi connectivity index (χ2v) is 12.9. The zero-order chi connectivity index (χ0) is 26.6. The third-order valence-corrected chi connectivity index (χ3v) is 9.32. The first-order valence-corrected chi connectivity index (χ1v) is 15.2. The van der Waals surface area contributed by atoms with Crippen LogP contribution in [0.3, 0.4) is 0 Å². The van der Waals surface area contributed by atoms with E-state index in [0.29, 0.717) is 61.3 Å². The number of nitrogens with one attached hydrogen (secondary N) is 1. The van der Waals surface area contributed by atoms with Crippen molar-refractivity contribution < 1.29 is 22.8 Å². The number of hydrogen-bond acceptors (Lipinski definition) is 7. The van der Waals surface area contributed by atoms with Crippen molar-refractivity contribution in [2.45, 2.75) is 37.8 Å². The number of sulfonamides is 1. The van der Waals surface area contributed by atoms with Gasteiger partial charge in [-0.3, -0.25) is 14.5 Å². The third-order valence-electron chi connectivity index (χ3n) is 7.02. The van der Waals surface area contributed by atoms with Gasteiger partial charge in [0, 0.05) is 62.1 Å². The number of piperazine rings is 1. The van der Waals surface area contributed by atoms with Crippen molar-refractivity contribution in [3.63, 3.8) is 0 Å². The van der Waals surface area contributed by atoms with Crippen LogP contribution in [-0.2, 0) is 19.6 Å². The Morgan fingerprint density at radius 1 is 1.11 bits per heavy atom. The first-order chi connectivity index (χ1) is 17.6. The van der Waals surface area contributed by atoms with Crippen LogP contribution in [-0.4, -0.2) is 110 Å². The van der Waals surface area contributed by atoms with Crippen LogP contribution in [0.25, 0.3) is 6.08 Å². The second kappa shape index (κ2) is 12.1. The van der Waals surface area contributed by atoms with Crippen LogP contribution in [0, 0.1) is 0 Å². The molecule has 0 radical (unpaired) electrons. The normalized spacial score (nSPS) is 23.8. The zero-order valence-electron chi connectivity index (χ0n) is 20.6. The topological polar surface area (TPSA) is 136 Å². The van der Waals surface area contributed by atoms with Gasteiger partial charge in [0.1, 0.15) is 6.04 Å². The number of hydrogen-bond donors (Lipinski definition) is 2. The third kappa shape index (κ3) is 7.44. The molecule has 3 saturated heterocycles. The average Bonchev–Trinajstić information content (AvgIpc) is 3.49. The highest BCUT2D eigenvalue weighted by atomic mass is 35.5. The van der Waals surface area contributed by atoms with Crippen molar-refractivity contribution in [2.24, 2.45) is 5.73 Å². The summed E-state index contributed by atoms with van der Waals surface area (Å²) in [5.41, 5.74) is 5.36. The number of primary amides is 1. The van der Waals surface area contributed by atoms with E-state index in [4.69, 9.17) is 17.3 Å². The molecule has 3 aliphatic heterocycles. The molecular weight excluding hydrogens is 540 g/mol. The number of carbonyl (C=O) groups is 3. The van der Waals surface area contributed by atoms with Crippen molar-refractivity contribution in [3.05, 3.63) is 26.8 Å². The predicted octanol–water partition coefficient (Wildman–Crippen LogP) is 0.970. The van der Waals surface area contributed by atoms with Gasteiger partial charge in [-0.15, -0.1) is 11.3 Å². The number of amides is 4. The number of urea groups is 1. The molecule has 14 heteroatoms. The van der Waals surface area contributed by atoms with E-state index in [1.165, 1.54) is 22.3 Å². The van der Waals surface area contributed by atoms with Crippen LogP contribution >= 0.6 is 22.9 Å². The van der Waals surface area contributed by atoms with Crippen molar-refractivity contribution in [2.75, 3.05) is 52.4 Å². The molecule has 4 amide bonds. The lowest BCUT2D eigenvalue weighted by molar-refractivity contribution is -0.143. The van der Waals surface area contributed by atoms with Crippen molar-refractivity contribution in [1.29, 1.82) is 0 Å². The molecule has 0 aliphatic carbocycles. The number of nitrogens with two attached hydrogens (primary N) is 1. The van der Waals surface area contributed by atoms with E-state index in [2.05, 4.69) is 9.62 Å². The van der Waals surface area contributed by atoms with Crippen LogP contribution in [0.5, 0.6) is 0 Å². The average molecular weight is 573 g/mol. The summed E-state index contributed by atoms with van der Waals surface area (Å²) in [6, 6.07) is 2.13. The van der Waals surface area contributed by atoms with E-state index >= 15 is 0 Å². The van der Waals surface area contributed by atoms with Gasteiger partial charge in [0.15, 0.2) is 0 Å². The summed E-state index contributed by atoms with van der Waals surface area (Å²) in [5.74, 6) is -0.501. The second-order valence-electron chi connectivity index (χ2n) is 9.57. The van der Waals surface area contributed by atoms with Gasteiger partial charge in [-0.1, -0.05) is 11.6 Å². The van der Waals surface area contributed by atoms with E-state index in [1.54, 1.807) is 17.0 Å². The molecule has 1 aromatic heterocycles. The summed E-state index contributed by atoms with van der Waals surface area (Å²) in [4.78, 5) is 45.4. The Balaban J connectivity index is 1.30. The summed E-state index contributed by atoms with van der Waals surface area (Å²) in [6.07, 6.45) is 4.21. The monoisotopic (exact) mass is 572 g/mol. The Labute approximate surface area is 226 Å². The van der Waals surface area contributed by atoms with Gasteiger partial charge in [-0.2, -0.15) is 4.72 Å². The summed E-state index contributed by atoms with van der Waals surface area (Å²) >= 11 is 7.13. The van der Waals surface area contributed by atoms with Crippen LogP contribution in [0.1, 0.15) is 30.6 Å². The molecule has 2 unspecified atom stereocenters. The quantitative estimate of drug-likeness (QED) is 0.476. The van der Waals surface area contributed by atoms with E-state index in [9.17, 15) is 22.8 Å². The molecule has 0 bridgehead atoms. The highest BCUT2D eigenvalue weighted by molar-refractivity contribution is 7.92. The van der Waals surface area contributed by atoms with Gasteiger partial charge in [-0.25, -0.2) is 13.2 Å². The number of likely N-dealkylation sites (tertiary alicyclic amines) is 2. The maximum atomic E-state index is 13.2. The predicted molar refractivity (Wildman–Crippen MR) is 142 cm³/mol. The summed E-state index contributed by atoms with van der Waals surface area (Å²) in [6.45, 7) is 4.28. The lowest BCUT2D eigenvalue weighted by Crippen LogP contribution is -2.56. The number of thiophene rings is 1. The molecule has 11 nitrogen and oxygen atoms in total. The fourth-order valence-electron chi connectivity index (χ4n) is 5.08. The molecular formula is C23H33ClN6O5S2. The van der Waals surface area contributed by atoms with Gasteiger partial charge in [0.25, 0.3) is 0 Å². The SMILES string of the molecule is NC(=O)N1CCN(CC2CCCN2C(=O)CN2CCCC(NS(=O)(=O)/C=C/c3ccc(Cl)s3)C2=O)CC1. The van der Waals surface area contributed by atoms with Crippen molar-refractivity contribution >= 4 is 56.9 Å². The van der Waals surface area contributed by atoms with Crippen LogP contribution in [0.15, 0.2) is 17.5 Å². The zero-order valence-corrected chi connectivity index (χ0v) is 22.9. The first kappa shape index (κ1) is 27.8. The molecule has 3 fully saturated rings. The van der Waals surface area contributed by atoms with Gasteiger partial charge < -0.3 is 20.4 Å². The lowest BCUT2D eigenvalue weighted by atomic mass is 10.1. The molecule has 4 heterocycles. The summed E-state index contributed by atoms with van der Waals surface area (Å²) in [7, 11) is -3.85. The minimum atomic E-state index is -3.85. The van der Waals surface area contributed by atoms with Gasteiger partial charge in [0.05, 0.1) is 10.9 Å². The number of halogens is 1. The Morgan fingerprint density at radius 2 is 1.84 bits per heavy atom. The molecule has 2 atom stereocenters. The van der Waals surface area contributed by atoms with E-state index in [1.807, 2.05) is 4.90 Å². The molecule has 3 N–H and O–H groups in total. The molecule has 0 aromatic carbocycles. The lowest BCUT2D eigenvalue weighted by Gasteiger charge is -2.37. The van der Waals surface area contributed by atoms with E-state index < -0.39 is 22.1 Å². The highest BCUT2D eigenvalue weighted by Gasteiger charge is 2.36. The molecule has 1 aromatic rings. The molecule has 204 valence electrons. The molecule has 4 rings (SSSR count). The molecule has 37 heavy (non-hydrogen) atoms. The summed E-state index contributed by atoms with van der Waals surface area (Å²) in [5, 5.41) is 1.03. The Kier molecular flexibility index (Phi) is 9.11. The Bertz CT molecular complexity index is 1130. The maximum Gasteiger partial charge on any atom is 0.314 e. The van der Waals surface area contributed by atoms with Crippen LogP contribution < -0.4 is 10.5 Å². The van der Waals surface area contributed by atoms with Gasteiger partial charge in [-0.05, 0) is 43.9 Å². The number of nitrogens with zero attached hydrogens (tertiary/aromatic N) is 4. The van der Waals surface area contributed by atoms with Gasteiger partial charge in [0.2, 0.25) is 21.8 Å². The minimum Gasteiger partial charge on any atom is -0.351 e. The molecule has 0 saturated carbocycles. The number of piperidine rings is 1. The number of rotatable bonds is 8. The maximum absolute atomic E-state index is 13.2. The van der Waals surface area contributed by atoms with Crippen LogP contribution in [0.2, 0.25) is 4.34 Å². The largest absolute Gasteiger partial charge is 0.351 e.